The normalized spacial score (nSPS) is 24.2. The monoisotopic (exact) mass is 291 g/mol. The molecular formula is C18H33N3. The first-order chi connectivity index (χ1) is 10.2. The molecule has 21 heavy (non-hydrogen) atoms. The molecule has 0 radical (unpaired) electrons. The Morgan fingerprint density at radius 3 is 2.52 bits per heavy atom. The second kappa shape index (κ2) is 7.98. The summed E-state index contributed by atoms with van der Waals surface area (Å²) in [7, 11) is 4.21. The number of likely N-dealkylation sites (N-methyl/N-ethyl adjacent to an activating group) is 1. The maximum atomic E-state index is 4.59. The lowest BCUT2D eigenvalue weighted by Gasteiger charge is -2.33. The largest absolute Gasteiger partial charge is 0.316 e. The zero-order valence-electron chi connectivity index (χ0n) is 14.4. The molecule has 1 fully saturated rings. The lowest BCUT2D eigenvalue weighted by atomic mass is 9.76. The van der Waals surface area contributed by atoms with E-state index < -0.39 is 0 Å². The van der Waals surface area contributed by atoms with Crippen molar-refractivity contribution in [3.8, 4) is 0 Å². The molecule has 0 saturated heterocycles. The number of nitrogens with zero attached hydrogens (tertiary/aromatic N) is 2. The molecule has 3 nitrogen and oxygen atoms in total. The summed E-state index contributed by atoms with van der Waals surface area (Å²) >= 11 is 0. The minimum Gasteiger partial charge on any atom is -0.316 e. The number of aryl methyl sites for hydroxylation is 2. The number of nitrogens with one attached hydrogen (secondary N) is 1. The van der Waals surface area contributed by atoms with E-state index in [4.69, 9.17) is 0 Å². The molecule has 1 aromatic heterocycles. The molecule has 1 aliphatic carbocycles. The van der Waals surface area contributed by atoms with Crippen LogP contribution in [0.5, 0.6) is 0 Å². The number of rotatable bonds is 7. The zero-order valence-corrected chi connectivity index (χ0v) is 14.4. The summed E-state index contributed by atoms with van der Waals surface area (Å²) in [6.45, 7) is 4.49. The first-order valence-electron chi connectivity index (χ1n) is 8.86. The average molecular weight is 291 g/mol. The van der Waals surface area contributed by atoms with E-state index in [0.717, 1.165) is 24.7 Å². The van der Waals surface area contributed by atoms with Gasteiger partial charge in [0.1, 0.15) is 0 Å². The third-order valence-electron chi connectivity index (χ3n) is 5.35. The van der Waals surface area contributed by atoms with Crippen molar-refractivity contribution in [2.24, 2.45) is 18.9 Å². The highest BCUT2D eigenvalue weighted by atomic mass is 15.3. The fraction of sp³-hybridized carbons (Fsp3) is 0.833. The number of aromatic nitrogens is 2. The van der Waals surface area contributed by atoms with Gasteiger partial charge in [-0.05, 0) is 44.2 Å². The smallest absolute Gasteiger partial charge is 0.0624 e. The van der Waals surface area contributed by atoms with Gasteiger partial charge in [-0.2, -0.15) is 5.10 Å². The first kappa shape index (κ1) is 16.5. The van der Waals surface area contributed by atoms with Gasteiger partial charge >= 0.3 is 0 Å². The van der Waals surface area contributed by atoms with Crippen LogP contribution in [-0.2, 0) is 19.9 Å². The highest BCUT2D eigenvalue weighted by molar-refractivity contribution is 5.12. The van der Waals surface area contributed by atoms with Crippen molar-refractivity contribution < 1.29 is 0 Å². The lowest BCUT2D eigenvalue weighted by molar-refractivity contribution is 0.216. The third-order valence-corrected chi connectivity index (χ3v) is 5.35. The molecule has 0 amide bonds. The second-order valence-corrected chi connectivity index (χ2v) is 6.77. The Morgan fingerprint density at radius 2 is 2.00 bits per heavy atom. The van der Waals surface area contributed by atoms with Crippen molar-refractivity contribution in [1.29, 1.82) is 0 Å². The minimum atomic E-state index is 0.604. The summed E-state index contributed by atoms with van der Waals surface area (Å²) < 4.78 is 2.08. The minimum absolute atomic E-state index is 0.604. The molecule has 0 spiro atoms. The first-order valence-corrected chi connectivity index (χ1v) is 8.86. The van der Waals surface area contributed by atoms with Crippen LogP contribution in [0.25, 0.3) is 0 Å². The molecular weight excluding hydrogens is 258 g/mol. The molecule has 0 aromatic carbocycles. The van der Waals surface area contributed by atoms with Gasteiger partial charge in [0.05, 0.1) is 5.69 Å². The molecule has 1 aromatic rings. The van der Waals surface area contributed by atoms with Gasteiger partial charge < -0.3 is 5.32 Å². The Labute approximate surface area is 130 Å². The van der Waals surface area contributed by atoms with E-state index in [1.807, 2.05) is 0 Å². The standard InChI is InChI=1S/C18H33N3/c1-5-7-14-8-10-15(11-9-14)18(19-3)13-17-12-16(6-2)20-21(17)4/h12,14-15,18-19H,5-11,13H2,1-4H3. The Hall–Kier alpha value is -0.830. The molecule has 1 N–H and O–H groups in total. The highest BCUT2D eigenvalue weighted by Gasteiger charge is 2.27. The van der Waals surface area contributed by atoms with Crippen LogP contribution >= 0.6 is 0 Å². The van der Waals surface area contributed by atoms with E-state index in [0.29, 0.717) is 6.04 Å². The number of hydrogen-bond acceptors (Lipinski definition) is 2. The predicted octanol–water partition coefficient (Wildman–Crippen LogP) is 3.72. The van der Waals surface area contributed by atoms with Crippen LogP contribution in [0.2, 0.25) is 0 Å². The van der Waals surface area contributed by atoms with Gasteiger partial charge in [0.25, 0.3) is 0 Å². The van der Waals surface area contributed by atoms with Crippen molar-refractivity contribution >= 4 is 0 Å². The molecule has 120 valence electrons. The molecule has 0 bridgehead atoms. The van der Waals surface area contributed by atoms with E-state index in [1.54, 1.807) is 0 Å². The van der Waals surface area contributed by atoms with E-state index >= 15 is 0 Å². The van der Waals surface area contributed by atoms with Gasteiger partial charge in [-0.1, -0.05) is 39.5 Å². The van der Waals surface area contributed by atoms with Crippen LogP contribution in [0.3, 0.4) is 0 Å². The van der Waals surface area contributed by atoms with Gasteiger partial charge in [-0.25, -0.2) is 0 Å². The van der Waals surface area contributed by atoms with Gasteiger partial charge in [0.15, 0.2) is 0 Å². The van der Waals surface area contributed by atoms with Crippen molar-refractivity contribution in [2.75, 3.05) is 7.05 Å². The average Bonchev–Trinajstić information content (AvgIpc) is 2.86. The Morgan fingerprint density at radius 1 is 1.29 bits per heavy atom. The second-order valence-electron chi connectivity index (χ2n) is 6.77. The zero-order chi connectivity index (χ0) is 15.2. The molecule has 1 saturated carbocycles. The molecule has 1 atom stereocenters. The fourth-order valence-corrected chi connectivity index (χ4v) is 3.95. The van der Waals surface area contributed by atoms with Crippen LogP contribution in [0.1, 0.15) is 63.8 Å². The molecule has 1 aliphatic rings. The van der Waals surface area contributed by atoms with E-state index in [-0.39, 0.29) is 0 Å². The van der Waals surface area contributed by atoms with Gasteiger partial charge in [0, 0.05) is 25.2 Å². The van der Waals surface area contributed by atoms with E-state index in [1.165, 1.54) is 49.9 Å². The third kappa shape index (κ3) is 4.32. The van der Waals surface area contributed by atoms with Crippen molar-refractivity contribution in [2.45, 2.75) is 71.3 Å². The summed E-state index contributed by atoms with van der Waals surface area (Å²) in [4.78, 5) is 0. The topological polar surface area (TPSA) is 29.9 Å². The van der Waals surface area contributed by atoms with Gasteiger partial charge in [0.2, 0.25) is 0 Å². The summed E-state index contributed by atoms with van der Waals surface area (Å²) in [5, 5.41) is 8.17. The quantitative estimate of drug-likeness (QED) is 0.830. The lowest BCUT2D eigenvalue weighted by Crippen LogP contribution is -2.38. The maximum Gasteiger partial charge on any atom is 0.0624 e. The summed E-state index contributed by atoms with van der Waals surface area (Å²) in [6, 6.07) is 2.89. The fourth-order valence-electron chi connectivity index (χ4n) is 3.95. The van der Waals surface area contributed by atoms with Crippen LogP contribution in [-0.4, -0.2) is 22.9 Å². The van der Waals surface area contributed by atoms with E-state index in [2.05, 4.69) is 49.1 Å². The predicted molar refractivity (Wildman–Crippen MR) is 89.5 cm³/mol. The molecule has 1 heterocycles. The van der Waals surface area contributed by atoms with Gasteiger partial charge in [-0.3, -0.25) is 4.68 Å². The van der Waals surface area contributed by atoms with Gasteiger partial charge in [-0.15, -0.1) is 0 Å². The molecule has 0 aliphatic heterocycles. The summed E-state index contributed by atoms with van der Waals surface area (Å²) in [6.07, 6.45) is 10.6. The summed E-state index contributed by atoms with van der Waals surface area (Å²) in [5.74, 6) is 1.83. The highest BCUT2D eigenvalue weighted by Crippen LogP contribution is 2.34. The maximum absolute atomic E-state index is 4.59. The van der Waals surface area contributed by atoms with Crippen LogP contribution in [0.4, 0.5) is 0 Å². The van der Waals surface area contributed by atoms with Crippen molar-refractivity contribution in [3.63, 3.8) is 0 Å². The molecule has 1 unspecified atom stereocenters. The Kier molecular flexibility index (Phi) is 6.28. The van der Waals surface area contributed by atoms with Crippen molar-refractivity contribution in [1.82, 2.24) is 15.1 Å². The molecule has 2 rings (SSSR count). The number of hydrogen-bond donors (Lipinski definition) is 1. The Balaban J connectivity index is 1.92. The summed E-state index contributed by atoms with van der Waals surface area (Å²) in [5.41, 5.74) is 2.59. The van der Waals surface area contributed by atoms with Crippen molar-refractivity contribution in [3.05, 3.63) is 17.5 Å². The SMILES string of the molecule is CCCC1CCC(C(Cc2cc(CC)nn2C)NC)CC1. The molecule has 3 heteroatoms. The Bertz CT molecular complexity index is 416. The van der Waals surface area contributed by atoms with Crippen LogP contribution in [0, 0.1) is 11.8 Å². The van der Waals surface area contributed by atoms with Crippen LogP contribution in [0.15, 0.2) is 6.07 Å². The van der Waals surface area contributed by atoms with Crippen LogP contribution < -0.4 is 5.32 Å². The van der Waals surface area contributed by atoms with E-state index in [9.17, 15) is 0 Å².